The fourth-order valence-electron chi connectivity index (χ4n) is 2.17. The number of carboxylic acid groups (broad SMARTS) is 1. The van der Waals surface area contributed by atoms with Gasteiger partial charge >= 0.3 is 5.97 Å². The number of halogens is 1. The first-order valence-corrected chi connectivity index (χ1v) is 8.63. The summed E-state index contributed by atoms with van der Waals surface area (Å²) in [6.07, 6.45) is 2.83. The Bertz CT molecular complexity index is 629. The first-order valence-electron chi connectivity index (χ1n) is 6.40. The van der Waals surface area contributed by atoms with Gasteiger partial charge in [-0.05, 0) is 28.9 Å². The fraction of sp³-hybridized carbons (Fsp3) is 0.500. The van der Waals surface area contributed by atoms with Crippen LogP contribution in [0.15, 0.2) is 27.8 Å². The van der Waals surface area contributed by atoms with Gasteiger partial charge in [0.1, 0.15) is 10.9 Å². The van der Waals surface area contributed by atoms with Crippen LogP contribution >= 0.6 is 15.9 Å². The molecule has 116 valence electrons. The average Bonchev–Trinajstić information content (AvgIpc) is 2.46. The predicted molar refractivity (Wildman–Crippen MR) is 79.4 cm³/mol. The number of carboxylic acids is 1. The molecule has 0 radical (unpaired) electrons. The second-order valence-electron chi connectivity index (χ2n) is 4.79. The van der Waals surface area contributed by atoms with Crippen LogP contribution < -0.4 is 0 Å². The second-order valence-corrected chi connectivity index (χ2v) is 7.65. The van der Waals surface area contributed by atoms with Crippen molar-refractivity contribution in [2.24, 2.45) is 0 Å². The standard InChI is InChI=1S/C12H16BrN3O4S/c1-9(12(17)18)15-2-4-16(5-3-15)21(19,20)11-6-10(13)7-14-8-11/h6-9H,2-5H2,1H3,(H,17,18). The van der Waals surface area contributed by atoms with E-state index >= 15 is 0 Å². The second kappa shape index (κ2) is 6.39. The minimum Gasteiger partial charge on any atom is -0.480 e. The van der Waals surface area contributed by atoms with E-state index < -0.39 is 22.0 Å². The maximum Gasteiger partial charge on any atom is 0.320 e. The number of carbonyl (C=O) groups is 1. The third-order valence-corrected chi connectivity index (χ3v) is 5.79. The van der Waals surface area contributed by atoms with Crippen LogP contribution in [0.2, 0.25) is 0 Å². The van der Waals surface area contributed by atoms with Crippen LogP contribution in [0.3, 0.4) is 0 Å². The summed E-state index contributed by atoms with van der Waals surface area (Å²) in [5.41, 5.74) is 0. The van der Waals surface area contributed by atoms with Crippen molar-refractivity contribution in [3.63, 3.8) is 0 Å². The van der Waals surface area contributed by atoms with Crippen molar-refractivity contribution in [3.8, 4) is 0 Å². The quantitative estimate of drug-likeness (QED) is 0.826. The van der Waals surface area contributed by atoms with Crippen molar-refractivity contribution in [2.45, 2.75) is 17.9 Å². The van der Waals surface area contributed by atoms with E-state index in [9.17, 15) is 13.2 Å². The summed E-state index contributed by atoms with van der Waals surface area (Å²) in [6.45, 7) is 2.94. The van der Waals surface area contributed by atoms with E-state index in [2.05, 4.69) is 20.9 Å². The lowest BCUT2D eigenvalue weighted by Crippen LogP contribution is -2.53. The summed E-state index contributed by atoms with van der Waals surface area (Å²) in [6, 6.07) is 0.900. The van der Waals surface area contributed by atoms with Crippen molar-refractivity contribution in [1.82, 2.24) is 14.2 Å². The number of nitrogens with zero attached hydrogens (tertiary/aromatic N) is 3. The molecule has 9 heteroatoms. The Kier molecular flexibility index (Phi) is 4.97. The molecule has 2 rings (SSSR count). The van der Waals surface area contributed by atoms with Crippen LogP contribution in [-0.4, -0.2) is 65.9 Å². The molecule has 2 heterocycles. The molecule has 0 aromatic carbocycles. The van der Waals surface area contributed by atoms with Gasteiger partial charge in [0.15, 0.2) is 0 Å². The van der Waals surface area contributed by atoms with Crippen LogP contribution in [0.25, 0.3) is 0 Å². The number of hydrogen-bond donors (Lipinski definition) is 1. The molecule has 1 N–H and O–H groups in total. The van der Waals surface area contributed by atoms with Crippen molar-refractivity contribution >= 4 is 31.9 Å². The first kappa shape index (κ1) is 16.3. The minimum absolute atomic E-state index is 0.136. The van der Waals surface area contributed by atoms with Gasteiger partial charge in [-0.1, -0.05) is 0 Å². The van der Waals surface area contributed by atoms with Gasteiger partial charge in [-0.3, -0.25) is 14.7 Å². The number of pyridine rings is 1. The molecule has 1 saturated heterocycles. The summed E-state index contributed by atoms with van der Waals surface area (Å²) < 4.78 is 26.9. The van der Waals surface area contributed by atoms with Gasteiger partial charge in [-0.15, -0.1) is 0 Å². The molecule has 1 aliphatic rings. The highest BCUT2D eigenvalue weighted by atomic mass is 79.9. The summed E-state index contributed by atoms with van der Waals surface area (Å²) in [5, 5.41) is 8.98. The largest absolute Gasteiger partial charge is 0.480 e. The van der Waals surface area contributed by atoms with E-state index in [1.54, 1.807) is 11.8 Å². The molecule has 1 unspecified atom stereocenters. The van der Waals surface area contributed by atoms with Gasteiger partial charge in [0.25, 0.3) is 0 Å². The topological polar surface area (TPSA) is 90.8 Å². The Hall–Kier alpha value is -1.03. The number of piperazine rings is 1. The van der Waals surface area contributed by atoms with Crippen molar-refractivity contribution in [3.05, 3.63) is 22.9 Å². The van der Waals surface area contributed by atoms with E-state index in [1.807, 2.05) is 0 Å². The molecule has 0 saturated carbocycles. The zero-order valence-electron chi connectivity index (χ0n) is 11.4. The summed E-state index contributed by atoms with van der Waals surface area (Å²) in [7, 11) is -3.59. The normalized spacial score (nSPS) is 19.3. The first-order chi connectivity index (χ1) is 9.82. The van der Waals surface area contributed by atoms with Gasteiger partial charge in [0.05, 0.1) is 0 Å². The van der Waals surface area contributed by atoms with Crippen LogP contribution in [0.4, 0.5) is 0 Å². The van der Waals surface area contributed by atoms with E-state index in [4.69, 9.17) is 5.11 Å². The molecule has 0 aliphatic carbocycles. The predicted octanol–water partition coefficient (Wildman–Crippen LogP) is 0.624. The molecular formula is C12H16BrN3O4S. The van der Waals surface area contributed by atoms with Gasteiger partial charge in [0, 0.05) is 43.0 Å². The SMILES string of the molecule is CC(C(=O)O)N1CCN(S(=O)(=O)c2cncc(Br)c2)CC1. The number of sulfonamides is 1. The maximum atomic E-state index is 12.5. The zero-order valence-corrected chi connectivity index (χ0v) is 13.8. The van der Waals surface area contributed by atoms with Gasteiger partial charge < -0.3 is 5.11 Å². The monoisotopic (exact) mass is 377 g/mol. The Morgan fingerprint density at radius 3 is 2.48 bits per heavy atom. The molecule has 7 nitrogen and oxygen atoms in total. The Labute approximate surface area is 131 Å². The highest BCUT2D eigenvalue weighted by molar-refractivity contribution is 9.10. The molecular weight excluding hydrogens is 362 g/mol. The number of hydrogen-bond acceptors (Lipinski definition) is 5. The Balaban J connectivity index is 2.09. The molecule has 0 amide bonds. The third kappa shape index (κ3) is 3.60. The summed E-state index contributed by atoms with van der Waals surface area (Å²) in [5.74, 6) is -0.900. The highest BCUT2D eigenvalue weighted by Gasteiger charge is 2.31. The Morgan fingerprint density at radius 2 is 1.95 bits per heavy atom. The number of aromatic nitrogens is 1. The lowest BCUT2D eigenvalue weighted by molar-refractivity contribution is -0.143. The van der Waals surface area contributed by atoms with Crippen molar-refractivity contribution in [2.75, 3.05) is 26.2 Å². The van der Waals surface area contributed by atoms with Crippen LogP contribution in [-0.2, 0) is 14.8 Å². The zero-order chi connectivity index (χ0) is 15.6. The highest BCUT2D eigenvalue weighted by Crippen LogP contribution is 2.20. The number of rotatable bonds is 4. The third-order valence-electron chi connectivity index (χ3n) is 3.50. The van der Waals surface area contributed by atoms with Crippen LogP contribution in [0, 0.1) is 0 Å². The van der Waals surface area contributed by atoms with E-state index in [0.29, 0.717) is 17.6 Å². The number of aliphatic carboxylic acids is 1. The van der Waals surface area contributed by atoms with E-state index in [-0.39, 0.29) is 18.0 Å². The van der Waals surface area contributed by atoms with Gasteiger partial charge in [0.2, 0.25) is 10.0 Å². The van der Waals surface area contributed by atoms with Gasteiger partial charge in [-0.25, -0.2) is 8.42 Å². The molecule has 1 atom stereocenters. The summed E-state index contributed by atoms with van der Waals surface area (Å²) in [4.78, 5) is 16.7. The minimum atomic E-state index is -3.59. The molecule has 1 fully saturated rings. The van der Waals surface area contributed by atoms with Crippen LogP contribution in [0.5, 0.6) is 0 Å². The molecule has 21 heavy (non-hydrogen) atoms. The lowest BCUT2D eigenvalue weighted by Gasteiger charge is -2.35. The molecule has 0 spiro atoms. The Morgan fingerprint density at radius 1 is 1.33 bits per heavy atom. The van der Waals surface area contributed by atoms with Crippen molar-refractivity contribution in [1.29, 1.82) is 0 Å². The maximum absolute atomic E-state index is 12.5. The van der Waals surface area contributed by atoms with Crippen molar-refractivity contribution < 1.29 is 18.3 Å². The average molecular weight is 378 g/mol. The van der Waals surface area contributed by atoms with Gasteiger partial charge in [-0.2, -0.15) is 4.31 Å². The lowest BCUT2D eigenvalue weighted by atomic mass is 10.2. The molecule has 1 aromatic rings. The molecule has 1 aliphatic heterocycles. The van der Waals surface area contributed by atoms with E-state index in [0.717, 1.165) is 0 Å². The fourth-order valence-corrected chi connectivity index (χ4v) is 4.10. The smallest absolute Gasteiger partial charge is 0.320 e. The molecule has 1 aromatic heterocycles. The summed E-state index contributed by atoms with van der Waals surface area (Å²) >= 11 is 3.20. The molecule has 0 bridgehead atoms. The van der Waals surface area contributed by atoms with Crippen LogP contribution in [0.1, 0.15) is 6.92 Å². The van der Waals surface area contributed by atoms with E-state index in [1.165, 1.54) is 22.8 Å².